The van der Waals surface area contributed by atoms with E-state index in [-0.39, 0.29) is 5.56 Å². The number of methoxy groups -OCH3 is 1. The Bertz CT molecular complexity index is 1050. The molecule has 2 aromatic carbocycles. The maximum absolute atomic E-state index is 13.0. The van der Waals surface area contributed by atoms with Crippen molar-refractivity contribution in [1.82, 2.24) is 19.5 Å². The van der Waals surface area contributed by atoms with Crippen LogP contribution in [0.5, 0.6) is 5.75 Å². The molecule has 0 spiro atoms. The molecule has 4 rings (SSSR count). The SMILES string of the molecule is COc1cccc2nc(-c3ccc(CN4CCN(C)CC4)cc3)n(OC)c(=O)c12. The summed E-state index contributed by atoms with van der Waals surface area (Å²) < 4.78 is 6.55. The van der Waals surface area contributed by atoms with Crippen molar-refractivity contribution in [1.29, 1.82) is 0 Å². The summed E-state index contributed by atoms with van der Waals surface area (Å²) in [5.74, 6) is 0.962. The van der Waals surface area contributed by atoms with Gasteiger partial charge in [0.1, 0.15) is 18.2 Å². The molecule has 1 aromatic heterocycles. The Labute approximate surface area is 170 Å². The van der Waals surface area contributed by atoms with Gasteiger partial charge in [-0.15, -0.1) is 4.73 Å². The van der Waals surface area contributed by atoms with Crippen molar-refractivity contribution in [3.63, 3.8) is 0 Å². The number of likely N-dealkylation sites (N-methyl/N-ethyl adjacent to an activating group) is 1. The molecule has 29 heavy (non-hydrogen) atoms. The number of rotatable bonds is 5. The first kappa shape index (κ1) is 19.4. The molecule has 0 unspecified atom stereocenters. The maximum Gasteiger partial charge on any atom is 0.298 e. The van der Waals surface area contributed by atoms with Crippen LogP contribution in [0.15, 0.2) is 47.3 Å². The lowest BCUT2D eigenvalue weighted by Gasteiger charge is -2.32. The summed E-state index contributed by atoms with van der Waals surface area (Å²) in [6, 6.07) is 13.6. The lowest BCUT2D eigenvalue weighted by Crippen LogP contribution is -2.43. The van der Waals surface area contributed by atoms with Gasteiger partial charge in [0.2, 0.25) is 0 Å². The molecule has 1 fully saturated rings. The van der Waals surface area contributed by atoms with Gasteiger partial charge in [-0.1, -0.05) is 30.3 Å². The van der Waals surface area contributed by atoms with Crippen LogP contribution < -0.4 is 15.1 Å². The predicted octanol–water partition coefficient (Wildman–Crippen LogP) is 1.88. The van der Waals surface area contributed by atoms with Gasteiger partial charge in [-0.25, -0.2) is 4.98 Å². The molecule has 0 N–H and O–H groups in total. The third kappa shape index (κ3) is 3.83. The number of fused-ring (bicyclic) bond motifs is 1. The van der Waals surface area contributed by atoms with Crippen LogP contribution in [-0.2, 0) is 6.54 Å². The van der Waals surface area contributed by atoms with Crippen LogP contribution in [0.2, 0.25) is 0 Å². The lowest BCUT2D eigenvalue weighted by molar-refractivity contribution is 0.148. The van der Waals surface area contributed by atoms with Crippen LogP contribution >= 0.6 is 0 Å². The molecule has 0 amide bonds. The number of ether oxygens (including phenoxy) is 1. The number of hydrogen-bond donors (Lipinski definition) is 0. The van der Waals surface area contributed by atoms with Gasteiger partial charge in [0, 0.05) is 38.3 Å². The van der Waals surface area contributed by atoms with Gasteiger partial charge in [0.25, 0.3) is 5.56 Å². The first-order chi connectivity index (χ1) is 14.1. The van der Waals surface area contributed by atoms with Crippen LogP contribution in [-0.4, -0.2) is 67.0 Å². The molecular formula is C22H26N4O3. The van der Waals surface area contributed by atoms with Crippen molar-refractivity contribution in [2.24, 2.45) is 0 Å². The van der Waals surface area contributed by atoms with E-state index in [9.17, 15) is 4.79 Å². The third-order valence-electron chi connectivity index (χ3n) is 5.44. The van der Waals surface area contributed by atoms with Crippen LogP contribution in [0.4, 0.5) is 0 Å². The highest BCUT2D eigenvalue weighted by Gasteiger charge is 2.17. The highest BCUT2D eigenvalue weighted by atomic mass is 16.7. The van der Waals surface area contributed by atoms with Gasteiger partial charge in [0.15, 0.2) is 5.82 Å². The fraction of sp³-hybridized carbons (Fsp3) is 0.364. The zero-order valence-corrected chi connectivity index (χ0v) is 17.1. The first-order valence-corrected chi connectivity index (χ1v) is 9.75. The maximum atomic E-state index is 13.0. The van der Waals surface area contributed by atoms with Gasteiger partial charge >= 0.3 is 0 Å². The summed E-state index contributed by atoms with van der Waals surface area (Å²) in [7, 11) is 5.17. The zero-order valence-electron chi connectivity index (χ0n) is 17.1. The smallest absolute Gasteiger partial charge is 0.298 e. The van der Waals surface area contributed by atoms with Crippen LogP contribution in [0.1, 0.15) is 5.56 Å². The fourth-order valence-corrected chi connectivity index (χ4v) is 3.73. The Morgan fingerprint density at radius 2 is 1.72 bits per heavy atom. The molecule has 7 nitrogen and oxygen atoms in total. The molecule has 1 aliphatic rings. The van der Waals surface area contributed by atoms with Crippen molar-refractivity contribution in [3.05, 3.63) is 58.4 Å². The van der Waals surface area contributed by atoms with E-state index in [1.54, 1.807) is 13.2 Å². The minimum atomic E-state index is -0.286. The Balaban J connectivity index is 1.66. The van der Waals surface area contributed by atoms with Crippen molar-refractivity contribution in [3.8, 4) is 17.1 Å². The molecular weight excluding hydrogens is 368 g/mol. The predicted molar refractivity (Wildman–Crippen MR) is 113 cm³/mol. The van der Waals surface area contributed by atoms with Gasteiger partial charge in [-0.2, -0.15) is 0 Å². The molecule has 7 heteroatoms. The highest BCUT2D eigenvalue weighted by Crippen LogP contribution is 2.24. The topological polar surface area (TPSA) is 59.8 Å². The quantitative estimate of drug-likeness (QED) is 0.659. The summed E-state index contributed by atoms with van der Waals surface area (Å²) in [4.78, 5) is 27.9. The average Bonchev–Trinajstić information content (AvgIpc) is 2.75. The number of nitrogens with zero attached hydrogens (tertiary/aromatic N) is 4. The number of benzene rings is 2. The largest absolute Gasteiger partial charge is 0.496 e. The molecule has 152 valence electrons. The first-order valence-electron chi connectivity index (χ1n) is 9.75. The molecule has 0 saturated carbocycles. The lowest BCUT2D eigenvalue weighted by atomic mass is 10.1. The third-order valence-corrected chi connectivity index (χ3v) is 5.44. The monoisotopic (exact) mass is 394 g/mol. The number of hydrogen-bond acceptors (Lipinski definition) is 6. The standard InChI is InChI=1S/C22H26N4O3/c1-24-11-13-25(14-12-24)15-16-7-9-17(10-8-16)21-23-18-5-4-6-19(28-2)20(18)22(27)26(21)29-3/h4-10H,11-15H2,1-3H3. The molecule has 0 aliphatic carbocycles. The highest BCUT2D eigenvalue weighted by molar-refractivity contribution is 5.85. The van der Waals surface area contributed by atoms with E-state index in [1.807, 2.05) is 24.3 Å². The average molecular weight is 394 g/mol. The Morgan fingerprint density at radius 1 is 1.00 bits per heavy atom. The summed E-state index contributed by atoms with van der Waals surface area (Å²) >= 11 is 0. The van der Waals surface area contributed by atoms with Crippen molar-refractivity contribution in [2.75, 3.05) is 47.4 Å². The minimum Gasteiger partial charge on any atom is -0.496 e. The fourth-order valence-electron chi connectivity index (χ4n) is 3.73. The molecule has 2 heterocycles. The Morgan fingerprint density at radius 3 is 2.38 bits per heavy atom. The van der Waals surface area contributed by atoms with Gasteiger partial charge < -0.3 is 14.5 Å². The van der Waals surface area contributed by atoms with E-state index in [4.69, 9.17) is 9.57 Å². The van der Waals surface area contributed by atoms with E-state index in [1.165, 1.54) is 17.4 Å². The molecule has 0 radical (unpaired) electrons. The number of piperazine rings is 1. The van der Waals surface area contributed by atoms with E-state index >= 15 is 0 Å². The molecule has 3 aromatic rings. The summed E-state index contributed by atoms with van der Waals surface area (Å²) in [6.45, 7) is 5.28. The second kappa shape index (κ2) is 8.23. The molecule has 0 bridgehead atoms. The van der Waals surface area contributed by atoms with Crippen molar-refractivity contribution >= 4 is 10.9 Å². The Hall–Kier alpha value is -2.90. The second-order valence-corrected chi connectivity index (χ2v) is 7.35. The van der Waals surface area contributed by atoms with Gasteiger partial charge in [0.05, 0.1) is 12.6 Å². The van der Waals surface area contributed by atoms with Crippen molar-refractivity contribution in [2.45, 2.75) is 6.54 Å². The second-order valence-electron chi connectivity index (χ2n) is 7.35. The van der Waals surface area contributed by atoms with E-state index in [0.29, 0.717) is 22.5 Å². The zero-order chi connectivity index (χ0) is 20.4. The summed E-state index contributed by atoms with van der Waals surface area (Å²) in [6.07, 6.45) is 0. The van der Waals surface area contributed by atoms with E-state index in [0.717, 1.165) is 38.3 Å². The van der Waals surface area contributed by atoms with Crippen molar-refractivity contribution < 1.29 is 9.57 Å². The van der Waals surface area contributed by atoms with E-state index < -0.39 is 0 Å². The molecule has 1 saturated heterocycles. The van der Waals surface area contributed by atoms with Gasteiger partial charge in [-0.3, -0.25) is 9.69 Å². The van der Waals surface area contributed by atoms with Crippen LogP contribution in [0, 0.1) is 0 Å². The van der Waals surface area contributed by atoms with E-state index in [2.05, 4.69) is 34.0 Å². The Kier molecular flexibility index (Phi) is 5.51. The number of aromatic nitrogens is 2. The summed E-state index contributed by atoms with van der Waals surface area (Å²) in [5.41, 5.74) is 2.37. The normalized spacial score (nSPS) is 15.6. The molecule has 1 aliphatic heterocycles. The molecule has 0 atom stereocenters. The van der Waals surface area contributed by atoms with Crippen LogP contribution in [0.3, 0.4) is 0 Å². The summed E-state index contributed by atoms with van der Waals surface area (Å²) in [5, 5.41) is 0.410. The minimum absolute atomic E-state index is 0.286. The van der Waals surface area contributed by atoms with Gasteiger partial charge in [-0.05, 0) is 24.7 Å². The van der Waals surface area contributed by atoms with Crippen LogP contribution in [0.25, 0.3) is 22.3 Å².